The van der Waals surface area contributed by atoms with Gasteiger partial charge in [-0.25, -0.2) is 0 Å². The summed E-state index contributed by atoms with van der Waals surface area (Å²) in [7, 11) is 7.13. The molecule has 2 aromatic rings. The third kappa shape index (κ3) is 5.02. The first kappa shape index (κ1) is 20.8. The lowest BCUT2D eigenvalue weighted by molar-refractivity contribution is 0.0939. The number of rotatable bonds is 7. The number of likely N-dealkylation sites (N-methyl/N-ethyl adjacent to an activating group) is 1. The zero-order valence-electron chi connectivity index (χ0n) is 15.2. The molecule has 2 rings (SSSR count). The SMILES string of the molecule is COc1ccc(C(CNC(=O)c2cc(Cl)c(I)cc2OC)N(C)C)cc1. The molecule has 0 saturated carbocycles. The number of carbonyl (C=O) groups is 1. The fourth-order valence-corrected chi connectivity index (χ4v) is 3.19. The molecule has 2 aromatic carbocycles. The van der Waals surface area contributed by atoms with Crippen molar-refractivity contribution in [1.82, 2.24) is 10.2 Å². The zero-order chi connectivity index (χ0) is 19.3. The van der Waals surface area contributed by atoms with E-state index in [-0.39, 0.29) is 11.9 Å². The van der Waals surface area contributed by atoms with Crippen LogP contribution in [0.4, 0.5) is 0 Å². The number of halogens is 2. The van der Waals surface area contributed by atoms with E-state index in [2.05, 4.69) is 32.8 Å². The van der Waals surface area contributed by atoms with Crippen LogP contribution in [-0.4, -0.2) is 45.7 Å². The van der Waals surface area contributed by atoms with Gasteiger partial charge < -0.3 is 19.7 Å². The van der Waals surface area contributed by atoms with Gasteiger partial charge in [-0.3, -0.25) is 4.79 Å². The lowest BCUT2D eigenvalue weighted by Crippen LogP contribution is -2.34. The number of carbonyl (C=O) groups excluding carboxylic acids is 1. The van der Waals surface area contributed by atoms with E-state index >= 15 is 0 Å². The third-order valence-corrected chi connectivity index (χ3v) is 5.59. The molecule has 26 heavy (non-hydrogen) atoms. The summed E-state index contributed by atoms with van der Waals surface area (Å²) in [5.41, 5.74) is 1.51. The van der Waals surface area contributed by atoms with E-state index in [4.69, 9.17) is 21.1 Å². The normalized spacial score (nSPS) is 12.0. The highest BCUT2D eigenvalue weighted by Crippen LogP contribution is 2.28. The Hall–Kier alpha value is -1.51. The van der Waals surface area contributed by atoms with Crippen LogP contribution in [0.3, 0.4) is 0 Å². The molecule has 1 atom stereocenters. The Balaban J connectivity index is 2.16. The maximum absolute atomic E-state index is 12.7. The highest BCUT2D eigenvalue weighted by atomic mass is 127. The second kappa shape index (κ2) is 9.43. The topological polar surface area (TPSA) is 50.8 Å². The number of hydrogen-bond donors (Lipinski definition) is 1. The van der Waals surface area contributed by atoms with E-state index in [0.29, 0.717) is 22.9 Å². The van der Waals surface area contributed by atoms with E-state index in [0.717, 1.165) is 14.9 Å². The number of ether oxygens (including phenoxy) is 2. The van der Waals surface area contributed by atoms with Crippen molar-refractivity contribution >= 4 is 40.1 Å². The van der Waals surface area contributed by atoms with E-state index < -0.39 is 0 Å². The summed E-state index contributed by atoms with van der Waals surface area (Å²) in [4.78, 5) is 14.7. The van der Waals surface area contributed by atoms with E-state index in [1.165, 1.54) is 7.11 Å². The van der Waals surface area contributed by atoms with Crippen molar-refractivity contribution in [1.29, 1.82) is 0 Å². The van der Waals surface area contributed by atoms with Crippen LogP contribution >= 0.6 is 34.2 Å². The lowest BCUT2D eigenvalue weighted by atomic mass is 10.1. The summed E-state index contributed by atoms with van der Waals surface area (Å²) in [6, 6.07) is 11.2. The summed E-state index contributed by atoms with van der Waals surface area (Å²) >= 11 is 8.27. The van der Waals surface area contributed by atoms with Crippen molar-refractivity contribution in [2.24, 2.45) is 0 Å². The fourth-order valence-electron chi connectivity index (χ4n) is 2.58. The fraction of sp³-hybridized carbons (Fsp3) is 0.316. The minimum Gasteiger partial charge on any atom is -0.497 e. The lowest BCUT2D eigenvalue weighted by Gasteiger charge is -2.25. The Kier molecular flexibility index (Phi) is 7.55. The van der Waals surface area contributed by atoms with Crippen LogP contribution < -0.4 is 14.8 Å². The van der Waals surface area contributed by atoms with Crippen LogP contribution in [0.15, 0.2) is 36.4 Å². The van der Waals surface area contributed by atoms with Gasteiger partial charge in [0.25, 0.3) is 5.91 Å². The van der Waals surface area contributed by atoms with E-state index in [1.54, 1.807) is 19.2 Å². The molecule has 1 amide bonds. The van der Waals surface area contributed by atoms with Crippen molar-refractivity contribution in [3.8, 4) is 11.5 Å². The largest absolute Gasteiger partial charge is 0.497 e. The monoisotopic (exact) mass is 488 g/mol. The molecule has 0 aliphatic rings. The first-order chi connectivity index (χ1) is 12.4. The van der Waals surface area contributed by atoms with E-state index in [9.17, 15) is 4.79 Å². The van der Waals surface area contributed by atoms with Gasteiger partial charge >= 0.3 is 0 Å². The molecule has 0 radical (unpaired) electrons. The number of hydrogen-bond acceptors (Lipinski definition) is 4. The summed E-state index contributed by atoms with van der Waals surface area (Å²) in [5, 5.41) is 3.50. The first-order valence-electron chi connectivity index (χ1n) is 7.99. The van der Waals surface area contributed by atoms with Crippen LogP contribution in [0.1, 0.15) is 22.0 Å². The zero-order valence-corrected chi connectivity index (χ0v) is 18.1. The first-order valence-corrected chi connectivity index (χ1v) is 9.44. The Morgan fingerprint density at radius 2 is 1.85 bits per heavy atom. The van der Waals surface area contributed by atoms with Crippen LogP contribution in [0, 0.1) is 3.57 Å². The van der Waals surface area contributed by atoms with Crippen molar-refractivity contribution in [2.45, 2.75) is 6.04 Å². The van der Waals surface area contributed by atoms with Crippen LogP contribution in [0.5, 0.6) is 11.5 Å². The van der Waals surface area contributed by atoms with Crippen molar-refractivity contribution in [2.75, 3.05) is 34.9 Å². The molecule has 0 spiro atoms. The summed E-state index contributed by atoms with van der Waals surface area (Å²) < 4.78 is 11.4. The highest BCUT2D eigenvalue weighted by molar-refractivity contribution is 14.1. The van der Waals surface area contributed by atoms with Crippen LogP contribution in [0.25, 0.3) is 0 Å². The maximum Gasteiger partial charge on any atom is 0.255 e. The predicted molar refractivity (Wildman–Crippen MR) is 112 cm³/mol. The molecule has 5 nitrogen and oxygen atoms in total. The third-order valence-electron chi connectivity index (χ3n) is 4.07. The van der Waals surface area contributed by atoms with Gasteiger partial charge in [-0.05, 0) is 66.5 Å². The molecule has 1 unspecified atom stereocenters. The molecule has 0 aromatic heterocycles. The van der Waals surface area contributed by atoms with Gasteiger partial charge in [-0.2, -0.15) is 0 Å². The molecule has 140 valence electrons. The van der Waals surface area contributed by atoms with Crippen molar-refractivity contribution < 1.29 is 14.3 Å². The summed E-state index contributed by atoms with van der Waals surface area (Å²) in [6.07, 6.45) is 0. The van der Waals surface area contributed by atoms with Gasteiger partial charge in [-0.1, -0.05) is 23.7 Å². The smallest absolute Gasteiger partial charge is 0.255 e. The highest BCUT2D eigenvalue weighted by Gasteiger charge is 2.19. The van der Waals surface area contributed by atoms with Gasteiger partial charge in [0.05, 0.1) is 30.8 Å². The molecule has 0 aliphatic carbocycles. The van der Waals surface area contributed by atoms with Gasteiger partial charge in [0.2, 0.25) is 0 Å². The van der Waals surface area contributed by atoms with Crippen molar-refractivity contribution in [3.05, 3.63) is 56.1 Å². The number of nitrogens with one attached hydrogen (secondary N) is 1. The molecule has 0 fully saturated rings. The van der Waals surface area contributed by atoms with Gasteiger partial charge in [0.15, 0.2) is 0 Å². The average molecular weight is 489 g/mol. The summed E-state index contributed by atoms with van der Waals surface area (Å²) in [6.45, 7) is 0.449. The second-order valence-electron chi connectivity index (χ2n) is 5.93. The average Bonchev–Trinajstić information content (AvgIpc) is 2.63. The second-order valence-corrected chi connectivity index (χ2v) is 7.50. The minimum atomic E-state index is -0.222. The van der Waals surface area contributed by atoms with Gasteiger partial charge in [-0.15, -0.1) is 0 Å². The number of nitrogens with zero attached hydrogens (tertiary/aromatic N) is 1. The maximum atomic E-state index is 12.7. The van der Waals surface area contributed by atoms with Crippen LogP contribution in [-0.2, 0) is 0 Å². The Morgan fingerprint density at radius 3 is 2.38 bits per heavy atom. The molecule has 7 heteroatoms. The Bertz CT molecular complexity index is 766. The molecular formula is C19H22ClIN2O3. The van der Waals surface area contributed by atoms with Crippen LogP contribution in [0.2, 0.25) is 5.02 Å². The molecule has 0 bridgehead atoms. The molecule has 0 saturated heterocycles. The van der Waals surface area contributed by atoms with E-state index in [1.807, 2.05) is 38.4 Å². The molecule has 0 aliphatic heterocycles. The molecule has 1 N–H and O–H groups in total. The summed E-state index contributed by atoms with van der Waals surface area (Å²) in [5.74, 6) is 1.08. The number of benzene rings is 2. The van der Waals surface area contributed by atoms with Crippen molar-refractivity contribution in [3.63, 3.8) is 0 Å². The number of amides is 1. The predicted octanol–water partition coefficient (Wildman–Crippen LogP) is 3.99. The Morgan fingerprint density at radius 1 is 1.19 bits per heavy atom. The van der Waals surface area contributed by atoms with Gasteiger partial charge in [0.1, 0.15) is 11.5 Å². The minimum absolute atomic E-state index is 0.0233. The molecule has 0 heterocycles. The van der Waals surface area contributed by atoms with Gasteiger partial charge in [0, 0.05) is 10.1 Å². The standard InChI is InChI=1S/C19H22ClIN2O3/c1-23(2)17(12-5-7-13(25-3)8-6-12)11-22-19(24)14-9-15(20)16(21)10-18(14)26-4/h5-10,17H,11H2,1-4H3,(H,22,24). The Labute approximate surface area is 172 Å². The number of methoxy groups -OCH3 is 2. The molecular weight excluding hydrogens is 467 g/mol. The quantitative estimate of drug-likeness (QED) is 0.599.